The van der Waals surface area contributed by atoms with Crippen LogP contribution in [0.5, 0.6) is 11.5 Å². The van der Waals surface area contributed by atoms with E-state index >= 15 is 0 Å². The van der Waals surface area contributed by atoms with Gasteiger partial charge >= 0.3 is 0 Å². The van der Waals surface area contributed by atoms with Gasteiger partial charge in [-0.3, -0.25) is 0 Å². The first-order valence-electron chi connectivity index (χ1n) is 6.14. The van der Waals surface area contributed by atoms with Gasteiger partial charge < -0.3 is 9.47 Å². The molecule has 19 heavy (non-hydrogen) atoms. The smallest absolute Gasteiger partial charge is 0.118 e. The van der Waals surface area contributed by atoms with Crippen molar-refractivity contribution in [3.8, 4) is 11.5 Å². The Morgan fingerprint density at radius 2 is 1.32 bits per heavy atom. The van der Waals surface area contributed by atoms with Gasteiger partial charge in [0.2, 0.25) is 0 Å². The number of alkyl halides is 1. The second-order valence-electron chi connectivity index (χ2n) is 4.29. The molecule has 1 atom stereocenters. The van der Waals surface area contributed by atoms with Crippen LogP contribution in [-0.4, -0.2) is 14.2 Å². The van der Waals surface area contributed by atoms with Crippen molar-refractivity contribution in [2.75, 3.05) is 14.2 Å². The number of hydrogen-bond donors (Lipinski definition) is 0. The maximum Gasteiger partial charge on any atom is 0.118 e. The molecule has 1 unspecified atom stereocenters. The summed E-state index contributed by atoms with van der Waals surface area (Å²) in [7, 11) is 3.36. The summed E-state index contributed by atoms with van der Waals surface area (Å²) in [5.74, 6) is 1.77. The number of benzene rings is 2. The summed E-state index contributed by atoms with van der Waals surface area (Å²) in [4.78, 5) is 0.298. The molecule has 0 amide bonds. The lowest BCUT2D eigenvalue weighted by Crippen LogP contribution is -1.96. The highest BCUT2D eigenvalue weighted by Gasteiger charge is 2.08. The summed E-state index contributed by atoms with van der Waals surface area (Å²) in [6, 6.07) is 16.3. The lowest BCUT2D eigenvalue weighted by molar-refractivity contribution is 0.414. The maximum atomic E-state index is 5.16. The van der Waals surface area contributed by atoms with E-state index in [0.29, 0.717) is 4.83 Å². The molecule has 0 aromatic heterocycles. The van der Waals surface area contributed by atoms with Crippen molar-refractivity contribution >= 4 is 15.9 Å². The van der Waals surface area contributed by atoms with E-state index in [2.05, 4.69) is 40.2 Å². The summed E-state index contributed by atoms with van der Waals surface area (Å²) in [6.07, 6.45) is 0.941. The second kappa shape index (κ2) is 6.62. The molecule has 3 heteroatoms. The van der Waals surface area contributed by atoms with Crippen molar-refractivity contribution in [2.24, 2.45) is 0 Å². The average molecular weight is 321 g/mol. The molecule has 0 N–H and O–H groups in total. The van der Waals surface area contributed by atoms with Crippen LogP contribution in [0.4, 0.5) is 0 Å². The van der Waals surface area contributed by atoms with Crippen molar-refractivity contribution in [3.05, 3.63) is 59.7 Å². The first-order chi connectivity index (χ1) is 9.22. The standard InChI is InChI=1S/C16H17BrO2/c1-18-14-7-3-12(4-8-14)11-16(17)13-5-9-15(19-2)10-6-13/h3-10,16H,11H2,1-2H3. The van der Waals surface area contributed by atoms with Crippen molar-refractivity contribution < 1.29 is 9.47 Å². The number of halogens is 1. The lowest BCUT2D eigenvalue weighted by Gasteiger charge is -2.11. The topological polar surface area (TPSA) is 18.5 Å². The van der Waals surface area contributed by atoms with Crippen LogP contribution in [0.3, 0.4) is 0 Å². The fourth-order valence-electron chi connectivity index (χ4n) is 1.90. The minimum absolute atomic E-state index is 0.298. The van der Waals surface area contributed by atoms with Crippen molar-refractivity contribution in [2.45, 2.75) is 11.2 Å². The van der Waals surface area contributed by atoms with Crippen molar-refractivity contribution in [1.29, 1.82) is 0 Å². The molecule has 0 bridgehead atoms. The lowest BCUT2D eigenvalue weighted by atomic mass is 10.0. The molecule has 0 heterocycles. The molecule has 2 rings (SSSR count). The zero-order valence-corrected chi connectivity index (χ0v) is 12.7. The normalized spacial score (nSPS) is 11.9. The summed E-state index contributed by atoms with van der Waals surface area (Å²) in [5, 5.41) is 0. The second-order valence-corrected chi connectivity index (χ2v) is 5.40. The molecule has 2 aromatic carbocycles. The molecule has 0 fully saturated rings. The Hall–Kier alpha value is -1.48. The summed E-state index contributed by atoms with van der Waals surface area (Å²) < 4.78 is 10.3. The molecule has 0 aliphatic rings. The minimum Gasteiger partial charge on any atom is -0.497 e. The molecular formula is C16H17BrO2. The fourth-order valence-corrected chi connectivity index (χ4v) is 2.58. The third-order valence-electron chi connectivity index (χ3n) is 3.05. The van der Waals surface area contributed by atoms with E-state index in [9.17, 15) is 0 Å². The van der Waals surface area contributed by atoms with Crippen LogP contribution in [0.1, 0.15) is 16.0 Å². The Labute approximate surface area is 122 Å². The fraction of sp³-hybridized carbons (Fsp3) is 0.250. The Morgan fingerprint density at radius 3 is 1.79 bits per heavy atom. The first kappa shape index (κ1) is 13.9. The number of methoxy groups -OCH3 is 2. The SMILES string of the molecule is COc1ccc(CC(Br)c2ccc(OC)cc2)cc1. The summed E-state index contributed by atoms with van der Waals surface area (Å²) >= 11 is 3.73. The maximum absolute atomic E-state index is 5.16. The highest BCUT2D eigenvalue weighted by Crippen LogP contribution is 2.28. The van der Waals surface area contributed by atoms with E-state index < -0.39 is 0 Å². The van der Waals surface area contributed by atoms with E-state index in [4.69, 9.17) is 9.47 Å². The predicted molar refractivity (Wildman–Crippen MR) is 81.4 cm³/mol. The zero-order chi connectivity index (χ0) is 13.7. The molecule has 2 aromatic rings. The molecule has 0 spiro atoms. The highest BCUT2D eigenvalue weighted by molar-refractivity contribution is 9.09. The van der Waals surface area contributed by atoms with Gasteiger partial charge in [0, 0.05) is 4.83 Å². The Balaban J connectivity index is 2.04. The number of hydrogen-bond acceptors (Lipinski definition) is 2. The monoisotopic (exact) mass is 320 g/mol. The van der Waals surface area contributed by atoms with Crippen LogP contribution in [0, 0.1) is 0 Å². The van der Waals surface area contributed by atoms with Gasteiger partial charge in [-0.1, -0.05) is 40.2 Å². The molecule has 0 saturated carbocycles. The average Bonchev–Trinajstić information content (AvgIpc) is 2.48. The van der Waals surface area contributed by atoms with E-state index in [-0.39, 0.29) is 0 Å². The van der Waals surface area contributed by atoms with Gasteiger partial charge in [-0.05, 0) is 41.8 Å². The summed E-state index contributed by atoms with van der Waals surface area (Å²) in [5.41, 5.74) is 2.52. The third kappa shape index (κ3) is 3.74. The van der Waals surface area contributed by atoms with Crippen LogP contribution in [0.15, 0.2) is 48.5 Å². The Bertz CT molecular complexity index is 505. The van der Waals surface area contributed by atoms with Gasteiger partial charge in [-0.2, -0.15) is 0 Å². The van der Waals surface area contributed by atoms with Gasteiger partial charge in [0.1, 0.15) is 11.5 Å². The van der Waals surface area contributed by atoms with E-state index in [0.717, 1.165) is 17.9 Å². The minimum atomic E-state index is 0.298. The van der Waals surface area contributed by atoms with Crippen molar-refractivity contribution in [3.63, 3.8) is 0 Å². The molecule has 0 radical (unpaired) electrons. The molecular weight excluding hydrogens is 304 g/mol. The highest BCUT2D eigenvalue weighted by atomic mass is 79.9. The molecule has 2 nitrogen and oxygen atoms in total. The van der Waals surface area contributed by atoms with Gasteiger partial charge in [-0.15, -0.1) is 0 Å². The Kier molecular flexibility index (Phi) is 4.86. The van der Waals surface area contributed by atoms with Gasteiger partial charge in [0.05, 0.1) is 14.2 Å². The van der Waals surface area contributed by atoms with Crippen molar-refractivity contribution in [1.82, 2.24) is 0 Å². The van der Waals surface area contributed by atoms with Crippen LogP contribution < -0.4 is 9.47 Å². The number of rotatable bonds is 5. The zero-order valence-electron chi connectivity index (χ0n) is 11.1. The largest absolute Gasteiger partial charge is 0.497 e. The number of ether oxygens (including phenoxy) is 2. The third-order valence-corrected chi connectivity index (χ3v) is 3.90. The predicted octanol–water partition coefficient (Wildman–Crippen LogP) is 4.38. The van der Waals surface area contributed by atoms with Crippen LogP contribution in [0.25, 0.3) is 0 Å². The van der Waals surface area contributed by atoms with Gasteiger partial charge in [-0.25, -0.2) is 0 Å². The van der Waals surface area contributed by atoms with Crippen LogP contribution >= 0.6 is 15.9 Å². The van der Waals surface area contributed by atoms with Gasteiger partial charge in [0.25, 0.3) is 0 Å². The van der Waals surface area contributed by atoms with E-state index in [1.807, 2.05) is 24.3 Å². The summed E-state index contributed by atoms with van der Waals surface area (Å²) in [6.45, 7) is 0. The molecule has 100 valence electrons. The molecule has 0 saturated heterocycles. The van der Waals surface area contributed by atoms with Crippen LogP contribution in [0.2, 0.25) is 0 Å². The molecule has 0 aliphatic heterocycles. The van der Waals surface area contributed by atoms with E-state index in [1.54, 1.807) is 14.2 Å². The first-order valence-corrected chi connectivity index (χ1v) is 7.05. The van der Waals surface area contributed by atoms with Gasteiger partial charge in [0.15, 0.2) is 0 Å². The Morgan fingerprint density at radius 1 is 0.842 bits per heavy atom. The molecule has 0 aliphatic carbocycles. The van der Waals surface area contributed by atoms with Crippen LogP contribution in [-0.2, 0) is 6.42 Å². The van der Waals surface area contributed by atoms with E-state index in [1.165, 1.54) is 11.1 Å². The quantitative estimate of drug-likeness (QED) is 0.761.